The van der Waals surface area contributed by atoms with E-state index >= 15 is 0 Å². The lowest BCUT2D eigenvalue weighted by Crippen LogP contribution is -2.41. The Morgan fingerprint density at radius 2 is 1.50 bits per heavy atom. The summed E-state index contributed by atoms with van der Waals surface area (Å²) in [6.07, 6.45) is 4.52. The minimum absolute atomic E-state index is 0.0649. The SMILES string of the molecule is Cc1ccc(S(=O)(=O)Oc2ccc(C=C(NC(=O)c3ccccc3)C(=O)N3CCCCC3)cc2)cc1. The quantitative estimate of drug-likeness (QED) is 0.377. The predicted molar refractivity (Wildman–Crippen MR) is 138 cm³/mol. The maximum Gasteiger partial charge on any atom is 0.339 e. The average molecular weight is 505 g/mol. The summed E-state index contributed by atoms with van der Waals surface area (Å²) in [7, 11) is -3.97. The lowest BCUT2D eigenvalue weighted by atomic mass is 10.1. The molecule has 4 rings (SSSR count). The third-order valence-electron chi connectivity index (χ3n) is 5.86. The van der Waals surface area contributed by atoms with Crippen LogP contribution in [0.3, 0.4) is 0 Å². The van der Waals surface area contributed by atoms with Crippen molar-refractivity contribution < 1.29 is 22.2 Å². The van der Waals surface area contributed by atoms with Crippen LogP contribution in [0.25, 0.3) is 6.08 Å². The molecule has 7 nitrogen and oxygen atoms in total. The number of hydrogen-bond acceptors (Lipinski definition) is 5. The molecule has 0 aliphatic carbocycles. The van der Waals surface area contributed by atoms with E-state index in [0.717, 1.165) is 24.8 Å². The molecule has 1 aliphatic rings. The Morgan fingerprint density at radius 1 is 0.861 bits per heavy atom. The summed E-state index contributed by atoms with van der Waals surface area (Å²) in [5.74, 6) is -0.484. The first-order valence-corrected chi connectivity index (χ1v) is 13.2. The van der Waals surface area contributed by atoms with E-state index < -0.39 is 10.1 Å². The van der Waals surface area contributed by atoms with Gasteiger partial charge < -0.3 is 14.4 Å². The maximum atomic E-state index is 13.2. The summed E-state index contributed by atoms with van der Waals surface area (Å²) in [5.41, 5.74) is 2.16. The number of benzene rings is 3. The van der Waals surface area contributed by atoms with Gasteiger partial charge in [0.1, 0.15) is 16.3 Å². The topological polar surface area (TPSA) is 92.8 Å². The van der Waals surface area contributed by atoms with Crippen LogP contribution in [0.2, 0.25) is 0 Å². The van der Waals surface area contributed by atoms with Crippen LogP contribution < -0.4 is 9.50 Å². The van der Waals surface area contributed by atoms with Gasteiger partial charge in [0.2, 0.25) is 0 Å². The highest BCUT2D eigenvalue weighted by Crippen LogP contribution is 2.21. The summed E-state index contributed by atoms with van der Waals surface area (Å²) in [5, 5.41) is 2.76. The highest BCUT2D eigenvalue weighted by Gasteiger charge is 2.22. The van der Waals surface area contributed by atoms with Crippen molar-refractivity contribution >= 4 is 28.0 Å². The fourth-order valence-corrected chi connectivity index (χ4v) is 4.80. The number of amides is 2. The Kier molecular flexibility index (Phi) is 7.85. The van der Waals surface area contributed by atoms with Gasteiger partial charge >= 0.3 is 10.1 Å². The zero-order chi connectivity index (χ0) is 25.5. The van der Waals surface area contributed by atoms with Gasteiger partial charge in [-0.25, -0.2) is 0 Å². The molecule has 0 unspecified atom stereocenters. The number of carbonyl (C=O) groups excluding carboxylic acids is 2. The van der Waals surface area contributed by atoms with Crippen LogP contribution in [0, 0.1) is 6.92 Å². The number of hydrogen-bond donors (Lipinski definition) is 1. The summed E-state index contributed by atoms with van der Waals surface area (Å²) < 4.78 is 30.4. The van der Waals surface area contributed by atoms with Gasteiger partial charge in [0.25, 0.3) is 11.8 Å². The van der Waals surface area contributed by atoms with E-state index in [9.17, 15) is 18.0 Å². The molecule has 0 atom stereocenters. The maximum absolute atomic E-state index is 13.2. The highest BCUT2D eigenvalue weighted by atomic mass is 32.2. The van der Waals surface area contributed by atoms with E-state index in [1.807, 2.05) is 13.0 Å². The van der Waals surface area contributed by atoms with Gasteiger partial charge in [-0.1, -0.05) is 48.0 Å². The first kappa shape index (κ1) is 25.2. The van der Waals surface area contributed by atoms with Gasteiger partial charge in [0.05, 0.1) is 0 Å². The molecule has 1 fully saturated rings. The zero-order valence-electron chi connectivity index (χ0n) is 20.0. The fourth-order valence-electron chi connectivity index (χ4n) is 3.87. The van der Waals surface area contributed by atoms with Crippen LogP contribution in [-0.2, 0) is 14.9 Å². The normalized spacial score (nSPS) is 14.2. The molecule has 0 radical (unpaired) electrons. The van der Waals surface area contributed by atoms with Crippen molar-refractivity contribution in [1.29, 1.82) is 0 Å². The van der Waals surface area contributed by atoms with E-state index in [2.05, 4.69) is 5.32 Å². The average Bonchev–Trinajstić information content (AvgIpc) is 2.90. The molecular weight excluding hydrogens is 476 g/mol. The molecule has 1 saturated heterocycles. The summed E-state index contributed by atoms with van der Waals surface area (Å²) >= 11 is 0. The smallest absolute Gasteiger partial charge is 0.339 e. The number of aryl methyl sites for hydroxylation is 1. The molecule has 8 heteroatoms. The van der Waals surface area contributed by atoms with Gasteiger partial charge in [-0.3, -0.25) is 9.59 Å². The molecule has 0 bridgehead atoms. The van der Waals surface area contributed by atoms with Crippen molar-refractivity contribution in [2.24, 2.45) is 0 Å². The van der Waals surface area contributed by atoms with Crippen molar-refractivity contribution in [3.8, 4) is 5.75 Å². The van der Waals surface area contributed by atoms with E-state index in [-0.39, 0.29) is 28.2 Å². The van der Waals surface area contributed by atoms with Crippen molar-refractivity contribution in [3.05, 3.63) is 101 Å². The Labute approximate surface area is 211 Å². The second-order valence-corrected chi connectivity index (χ2v) is 10.2. The minimum atomic E-state index is -3.97. The number of nitrogens with zero attached hydrogens (tertiary/aromatic N) is 1. The van der Waals surface area contributed by atoms with Crippen molar-refractivity contribution in [3.63, 3.8) is 0 Å². The van der Waals surface area contributed by atoms with Crippen LogP contribution in [-0.4, -0.2) is 38.2 Å². The van der Waals surface area contributed by atoms with Crippen molar-refractivity contribution in [2.45, 2.75) is 31.1 Å². The van der Waals surface area contributed by atoms with Gasteiger partial charge in [0, 0.05) is 18.7 Å². The molecular formula is C28H28N2O5S. The molecule has 0 spiro atoms. The Bertz CT molecular complexity index is 1340. The molecule has 1 N–H and O–H groups in total. The van der Waals surface area contributed by atoms with Crippen LogP contribution in [0.5, 0.6) is 5.75 Å². The van der Waals surface area contributed by atoms with Crippen LogP contribution in [0.1, 0.15) is 40.7 Å². The molecule has 2 amide bonds. The Balaban J connectivity index is 1.55. The lowest BCUT2D eigenvalue weighted by Gasteiger charge is -2.27. The Morgan fingerprint density at radius 3 is 2.14 bits per heavy atom. The van der Waals surface area contributed by atoms with E-state index in [4.69, 9.17) is 4.18 Å². The summed E-state index contributed by atoms with van der Waals surface area (Å²) in [6.45, 7) is 3.15. The fraction of sp³-hybridized carbons (Fsp3) is 0.214. The van der Waals surface area contributed by atoms with E-state index in [1.54, 1.807) is 59.5 Å². The van der Waals surface area contributed by atoms with E-state index in [1.165, 1.54) is 24.3 Å². The largest absolute Gasteiger partial charge is 0.379 e. The number of rotatable bonds is 7. The summed E-state index contributed by atoms with van der Waals surface area (Å²) in [4.78, 5) is 27.8. The third-order valence-corrected chi connectivity index (χ3v) is 7.13. The lowest BCUT2D eigenvalue weighted by molar-refractivity contribution is -0.128. The number of likely N-dealkylation sites (tertiary alicyclic amines) is 1. The molecule has 1 heterocycles. The molecule has 1 aliphatic heterocycles. The molecule has 3 aromatic rings. The van der Waals surface area contributed by atoms with Crippen LogP contribution in [0.4, 0.5) is 0 Å². The number of carbonyl (C=O) groups is 2. The van der Waals surface area contributed by atoms with Gasteiger partial charge in [0.15, 0.2) is 0 Å². The summed E-state index contributed by atoms with van der Waals surface area (Å²) in [6, 6.07) is 21.4. The van der Waals surface area contributed by atoms with Gasteiger partial charge in [-0.15, -0.1) is 0 Å². The molecule has 186 valence electrons. The monoisotopic (exact) mass is 504 g/mol. The van der Waals surface area contributed by atoms with Crippen molar-refractivity contribution in [1.82, 2.24) is 10.2 Å². The van der Waals surface area contributed by atoms with Crippen molar-refractivity contribution in [2.75, 3.05) is 13.1 Å². The van der Waals surface area contributed by atoms with Crippen LogP contribution in [0.15, 0.2) is 89.5 Å². The zero-order valence-corrected chi connectivity index (χ0v) is 20.8. The van der Waals surface area contributed by atoms with Gasteiger partial charge in [-0.2, -0.15) is 8.42 Å². The number of nitrogens with one attached hydrogen (secondary N) is 1. The van der Waals surface area contributed by atoms with Crippen LogP contribution >= 0.6 is 0 Å². The second kappa shape index (κ2) is 11.2. The van der Waals surface area contributed by atoms with Gasteiger partial charge in [-0.05, 0) is 74.2 Å². The minimum Gasteiger partial charge on any atom is -0.379 e. The standard InChI is InChI=1S/C28H28N2O5S/c1-21-10-16-25(17-11-21)36(33,34)35-24-14-12-22(13-15-24)20-26(28(32)30-18-6-3-7-19-30)29-27(31)23-8-4-2-5-9-23/h2,4-5,8-17,20H,3,6-7,18-19H2,1H3,(H,29,31). The first-order chi connectivity index (χ1) is 17.3. The molecule has 0 aromatic heterocycles. The molecule has 0 saturated carbocycles. The Hall–Kier alpha value is -3.91. The molecule has 36 heavy (non-hydrogen) atoms. The van der Waals surface area contributed by atoms with E-state index in [0.29, 0.717) is 24.2 Å². The first-order valence-electron chi connectivity index (χ1n) is 11.8. The number of piperidine rings is 1. The highest BCUT2D eigenvalue weighted by molar-refractivity contribution is 7.87. The molecule has 3 aromatic carbocycles. The third kappa shape index (κ3) is 6.40. The predicted octanol–water partition coefficient (Wildman–Crippen LogP) is 4.55. The second-order valence-electron chi connectivity index (χ2n) is 8.65.